The third-order valence-electron chi connectivity index (χ3n) is 3.06. The molecule has 1 aliphatic rings. The number of carboxylic acid groups (broad SMARTS) is 1. The molecule has 2 N–H and O–H groups in total. The number of benzene rings is 1. The Morgan fingerprint density at radius 2 is 2.39 bits per heavy atom. The van der Waals surface area contributed by atoms with Gasteiger partial charge in [-0.25, -0.2) is 9.18 Å². The van der Waals surface area contributed by atoms with Crippen molar-refractivity contribution in [3.63, 3.8) is 0 Å². The summed E-state index contributed by atoms with van der Waals surface area (Å²) in [4.78, 5) is 12.1. The molecule has 1 aromatic carbocycles. The molecule has 2 rings (SSSR count). The van der Waals surface area contributed by atoms with Crippen molar-refractivity contribution in [2.24, 2.45) is 0 Å². The van der Waals surface area contributed by atoms with Gasteiger partial charge in [-0.3, -0.25) is 0 Å². The van der Waals surface area contributed by atoms with E-state index in [1.54, 1.807) is 6.07 Å². The topological polar surface area (TPSA) is 52.6 Å². The maximum Gasteiger partial charge on any atom is 0.407 e. The summed E-state index contributed by atoms with van der Waals surface area (Å²) in [5.41, 5.74) is 0.812. The summed E-state index contributed by atoms with van der Waals surface area (Å²) in [6.45, 7) is 1.54. The molecule has 4 nitrogen and oxygen atoms in total. The summed E-state index contributed by atoms with van der Waals surface area (Å²) in [5.74, 6) is -0.360. The molecule has 0 aliphatic carbocycles. The van der Waals surface area contributed by atoms with E-state index in [0.717, 1.165) is 12.0 Å². The predicted molar refractivity (Wildman–Crippen MR) is 66.3 cm³/mol. The van der Waals surface area contributed by atoms with Crippen LogP contribution in [0.3, 0.4) is 0 Å². The maximum atomic E-state index is 12.9. The second-order valence-corrected chi connectivity index (χ2v) is 4.74. The van der Waals surface area contributed by atoms with Crippen molar-refractivity contribution in [3.05, 3.63) is 34.6 Å². The van der Waals surface area contributed by atoms with Crippen LogP contribution in [0.25, 0.3) is 0 Å². The van der Waals surface area contributed by atoms with Gasteiger partial charge in [-0.15, -0.1) is 0 Å². The van der Waals surface area contributed by atoms with Gasteiger partial charge in [-0.1, -0.05) is 17.7 Å². The Hall–Kier alpha value is -1.33. The van der Waals surface area contributed by atoms with Crippen LogP contribution in [0, 0.1) is 5.82 Å². The van der Waals surface area contributed by atoms with Crippen LogP contribution in [0.5, 0.6) is 0 Å². The van der Waals surface area contributed by atoms with Crippen LogP contribution in [0.15, 0.2) is 18.2 Å². The van der Waals surface area contributed by atoms with Crippen LogP contribution in [0.4, 0.5) is 9.18 Å². The van der Waals surface area contributed by atoms with E-state index in [0.29, 0.717) is 24.7 Å². The normalized spacial score (nSPS) is 19.2. The van der Waals surface area contributed by atoms with E-state index >= 15 is 0 Å². The number of nitrogens with zero attached hydrogens (tertiary/aromatic N) is 1. The summed E-state index contributed by atoms with van der Waals surface area (Å²) in [6, 6.07) is 4.40. The molecule has 1 amide bonds. The SMILES string of the molecule is O=C(O)N1CC[C@H](NCc2ccc(F)cc2Cl)C1. The Labute approximate surface area is 109 Å². The Balaban J connectivity index is 1.87. The van der Waals surface area contributed by atoms with Gasteiger partial charge in [0, 0.05) is 30.7 Å². The second kappa shape index (κ2) is 5.54. The van der Waals surface area contributed by atoms with Crippen molar-refractivity contribution in [2.75, 3.05) is 13.1 Å². The molecule has 1 atom stereocenters. The minimum atomic E-state index is -0.890. The molecule has 0 unspecified atom stereocenters. The molecule has 1 heterocycles. The number of hydrogen-bond donors (Lipinski definition) is 2. The van der Waals surface area contributed by atoms with Crippen molar-refractivity contribution >= 4 is 17.7 Å². The summed E-state index contributed by atoms with van der Waals surface area (Å²) >= 11 is 5.91. The molecule has 18 heavy (non-hydrogen) atoms. The van der Waals surface area contributed by atoms with E-state index in [1.165, 1.54) is 17.0 Å². The quantitative estimate of drug-likeness (QED) is 0.888. The lowest BCUT2D eigenvalue weighted by atomic mass is 10.2. The van der Waals surface area contributed by atoms with Gasteiger partial charge < -0.3 is 15.3 Å². The van der Waals surface area contributed by atoms with Gasteiger partial charge in [-0.2, -0.15) is 0 Å². The number of likely N-dealkylation sites (tertiary alicyclic amines) is 1. The first-order valence-electron chi connectivity index (χ1n) is 5.71. The highest BCUT2D eigenvalue weighted by Crippen LogP contribution is 2.18. The average molecular weight is 273 g/mol. The molecule has 1 aliphatic heterocycles. The van der Waals surface area contributed by atoms with Gasteiger partial charge in [0.2, 0.25) is 0 Å². The molecule has 0 radical (unpaired) electrons. The largest absolute Gasteiger partial charge is 0.465 e. The summed E-state index contributed by atoms with van der Waals surface area (Å²) in [7, 11) is 0. The van der Waals surface area contributed by atoms with Crippen LogP contribution in [0.1, 0.15) is 12.0 Å². The van der Waals surface area contributed by atoms with Crippen LogP contribution < -0.4 is 5.32 Å². The highest BCUT2D eigenvalue weighted by atomic mass is 35.5. The van der Waals surface area contributed by atoms with Crippen LogP contribution >= 0.6 is 11.6 Å². The average Bonchev–Trinajstić information content (AvgIpc) is 2.76. The molecule has 98 valence electrons. The maximum absolute atomic E-state index is 12.9. The lowest BCUT2D eigenvalue weighted by molar-refractivity contribution is 0.154. The monoisotopic (exact) mass is 272 g/mol. The van der Waals surface area contributed by atoms with E-state index in [4.69, 9.17) is 16.7 Å². The predicted octanol–water partition coefficient (Wildman–Crippen LogP) is 2.32. The van der Waals surface area contributed by atoms with Crippen LogP contribution in [-0.2, 0) is 6.54 Å². The highest BCUT2D eigenvalue weighted by molar-refractivity contribution is 6.31. The third kappa shape index (κ3) is 3.11. The molecule has 1 saturated heterocycles. The van der Waals surface area contributed by atoms with E-state index in [2.05, 4.69) is 5.32 Å². The number of nitrogens with one attached hydrogen (secondary N) is 1. The van der Waals surface area contributed by atoms with Crippen LogP contribution in [-0.4, -0.2) is 35.2 Å². The Morgan fingerprint density at radius 1 is 1.61 bits per heavy atom. The van der Waals surface area contributed by atoms with Gasteiger partial charge in [0.1, 0.15) is 5.82 Å². The summed E-state index contributed by atoms with van der Waals surface area (Å²) < 4.78 is 12.9. The fraction of sp³-hybridized carbons (Fsp3) is 0.417. The number of amides is 1. The van der Waals surface area contributed by atoms with Gasteiger partial charge in [0.25, 0.3) is 0 Å². The second-order valence-electron chi connectivity index (χ2n) is 4.33. The Bertz CT molecular complexity index is 456. The molecule has 0 aromatic heterocycles. The lowest BCUT2D eigenvalue weighted by Gasteiger charge is -2.14. The Kier molecular flexibility index (Phi) is 4.04. The summed E-state index contributed by atoms with van der Waals surface area (Å²) in [5, 5.41) is 12.4. The minimum Gasteiger partial charge on any atom is -0.465 e. The molecule has 0 saturated carbocycles. The van der Waals surface area contributed by atoms with Crippen molar-refractivity contribution in [1.82, 2.24) is 10.2 Å². The van der Waals surface area contributed by atoms with E-state index < -0.39 is 6.09 Å². The van der Waals surface area contributed by atoms with Crippen molar-refractivity contribution < 1.29 is 14.3 Å². The zero-order valence-electron chi connectivity index (χ0n) is 9.70. The highest BCUT2D eigenvalue weighted by Gasteiger charge is 2.25. The number of carbonyl (C=O) groups is 1. The van der Waals surface area contributed by atoms with E-state index in [-0.39, 0.29) is 11.9 Å². The first-order chi connectivity index (χ1) is 8.56. The van der Waals surface area contributed by atoms with Gasteiger partial charge in [-0.05, 0) is 24.1 Å². The zero-order chi connectivity index (χ0) is 13.1. The number of halogens is 2. The number of hydrogen-bond acceptors (Lipinski definition) is 2. The molecule has 6 heteroatoms. The first-order valence-corrected chi connectivity index (χ1v) is 6.09. The van der Waals surface area contributed by atoms with Crippen molar-refractivity contribution in [3.8, 4) is 0 Å². The fourth-order valence-corrected chi connectivity index (χ4v) is 2.25. The third-order valence-corrected chi connectivity index (χ3v) is 3.41. The van der Waals surface area contributed by atoms with E-state index in [1.807, 2.05) is 0 Å². The fourth-order valence-electron chi connectivity index (χ4n) is 2.02. The Morgan fingerprint density at radius 3 is 3.00 bits per heavy atom. The molecule has 0 spiro atoms. The first kappa shape index (κ1) is 13.1. The molecule has 0 bridgehead atoms. The summed E-state index contributed by atoms with van der Waals surface area (Å²) in [6.07, 6.45) is -0.107. The number of rotatable bonds is 3. The molecular formula is C12H14ClFN2O2. The lowest BCUT2D eigenvalue weighted by Crippen LogP contribution is -2.34. The molecular weight excluding hydrogens is 259 g/mol. The van der Waals surface area contributed by atoms with Gasteiger partial charge in [0.05, 0.1) is 0 Å². The van der Waals surface area contributed by atoms with Crippen molar-refractivity contribution in [2.45, 2.75) is 19.0 Å². The van der Waals surface area contributed by atoms with Crippen molar-refractivity contribution in [1.29, 1.82) is 0 Å². The standard InChI is InChI=1S/C12H14ClFN2O2/c13-11-5-9(14)2-1-8(11)6-15-10-3-4-16(7-10)12(17)18/h1-2,5,10,15H,3-4,6-7H2,(H,17,18)/t10-/m0/s1. The molecule has 1 aromatic rings. The molecule has 1 fully saturated rings. The zero-order valence-corrected chi connectivity index (χ0v) is 10.5. The van der Waals surface area contributed by atoms with Gasteiger partial charge >= 0.3 is 6.09 Å². The van der Waals surface area contributed by atoms with Crippen LogP contribution in [0.2, 0.25) is 5.02 Å². The van der Waals surface area contributed by atoms with E-state index in [9.17, 15) is 9.18 Å². The smallest absolute Gasteiger partial charge is 0.407 e. The van der Waals surface area contributed by atoms with Gasteiger partial charge in [0.15, 0.2) is 0 Å². The minimum absolute atomic E-state index is 0.127.